The van der Waals surface area contributed by atoms with E-state index in [0.29, 0.717) is 5.75 Å². The maximum Gasteiger partial charge on any atom is 0.328 e. The summed E-state index contributed by atoms with van der Waals surface area (Å²) in [6.45, 7) is 2.18. The van der Waals surface area contributed by atoms with E-state index >= 15 is 0 Å². The molecule has 0 aliphatic heterocycles. The lowest BCUT2D eigenvalue weighted by atomic mass is 10.1. The number of phenolic OH excluding ortho intramolecular Hbond substituents is 2. The summed E-state index contributed by atoms with van der Waals surface area (Å²) in [6, 6.07) is 12.0. The van der Waals surface area contributed by atoms with Crippen molar-refractivity contribution in [2.24, 2.45) is 0 Å². The number of aliphatic carboxylic acids is 1. The Morgan fingerprint density at radius 1 is 1.07 bits per heavy atom. The number of carboxylic acid groups (broad SMARTS) is 1. The molecule has 0 aliphatic rings. The van der Waals surface area contributed by atoms with Crippen LogP contribution >= 0.6 is 0 Å². The lowest BCUT2D eigenvalue weighted by molar-refractivity contribution is -0.131. The molecule has 0 bridgehead atoms. The summed E-state index contributed by atoms with van der Waals surface area (Å²) in [5, 5.41) is 27.0. The van der Waals surface area contributed by atoms with Crippen LogP contribution in [0.2, 0.25) is 0 Å². The zero-order valence-corrected chi connectivity index (χ0v) is 15.9. The normalized spacial score (nSPS) is 10.3. The molecule has 0 radical (unpaired) electrons. The van der Waals surface area contributed by atoms with Crippen molar-refractivity contribution in [2.75, 3.05) is 7.11 Å². The van der Waals surface area contributed by atoms with Gasteiger partial charge in [-0.2, -0.15) is 0 Å². The molecule has 0 saturated heterocycles. The molecule has 0 aromatic heterocycles. The number of rotatable bonds is 8. The number of phenols is 2. The molecular weight excluding hydrogens is 344 g/mol. The molecule has 0 spiro atoms. The second-order valence-electron chi connectivity index (χ2n) is 6.04. The van der Waals surface area contributed by atoms with Crippen LogP contribution in [0.25, 0.3) is 6.08 Å². The zero-order valence-electron chi connectivity index (χ0n) is 15.9. The smallest absolute Gasteiger partial charge is 0.328 e. The summed E-state index contributed by atoms with van der Waals surface area (Å²) in [7, 11) is 1.55. The third-order valence-electron chi connectivity index (χ3n) is 3.91. The molecule has 0 amide bonds. The number of aromatic hydroxyl groups is 2. The fourth-order valence-electron chi connectivity index (χ4n) is 2.47. The van der Waals surface area contributed by atoms with E-state index in [1.807, 2.05) is 12.1 Å². The fourth-order valence-corrected chi connectivity index (χ4v) is 2.47. The predicted molar refractivity (Wildman–Crippen MR) is 107 cm³/mol. The van der Waals surface area contributed by atoms with Crippen molar-refractivity contribution in [3.63, 3.8) is 0 Å². The number of carboxylic acids is 1. The highest BCUT2D eigenvalue weighted by Crippen LogP contribution is 2.24. The Hall–Kier alpha value is -2.95. The topological polar surface area (TPSA) is 87.0 Å². The van der Waals surface area contributed by atoms with Gasteiger partial charge in [0.15, 0.2) is 0 Å². The van der Waals surface area contributed by atoms with Gasteiger partial charge < -0.3 is 20.1 Å². The fraction of sp³-hybridized carbons (Fsp3) is 0.318. The van der Waals surface area contributed by atoms with Crippen LogP contribution in [-0.4, -0.2) is 28.4 Å². The van der Waals surface area contributed by atoms with Gasteiger partial charge in [-0.1, -0.05) is 50.5 Å². The van der Waals surface area contributed by atoms with Gasteiger partial charge in [0, 0.05) is 17.7 Å². The molecule has 5 nitrogen and oxygen atoms in total. The minimum Gasteiger partial charge on any atom is -0.508 e. The SMILES string of the molecule is CCCCCCc1ccc(O)cc1O.COc1ccccc1C=CC(=O)O. The molecular formula is C22H28O5. The molecule has 3 N–H and O–H groups in total. The van der Waals surface area contributed by atoms with Crippen LogP contribution in [-0.2, 0) is 11.2 Å². The molecule has 0 unspecified atom stereocenters. The molecule has 0 heterocycles. The number of benzene rings is 2. The summed E-state index contributed by atoms with van der Waals surface area (Å²) in [5.74, 6) is 0.0345. The Labute approximate surface area is 160 Å². The molecule has 2 aromatic rings. The number of hydrogen-bond donors (Lipinski definition) is 3. The first-order valence-corrected chi connectivity index (χ1v) is 9.02. The van der Waals surface area contributed by atoms with Gasteiger partial charge >= 0.3 is 5.97 Å². The summed E-state index contributed by atoms with van der Waals surface area (Å²) in [6.07, 6.45) is 8.26. The summed E-state index contributed by atoms with van der Waals surface area (Å²) in [5.41, 5.74) is 1.69. The number of para-hydroxylation sites is 1. The van der Waals surface area contributed by atoms with E-state index in [-0.39, 0.29) is 11.5 Å². The minimum atomic E-state index is -0.967. The summed E-state index contributed by atoms with van der Waals surface area (Å²) < 4.78 is 5.03. The molecule has 27 heavy (non-hydrogen) atoms. The van der Waals surface area contributed by atoms with Gasteiger partial charge in [-0.3, -0.25) is 0 Å². The summed E-state index contributed by atoms with van der Waals surface area (Å²) >= 11 is 0. The van der Waals surface area contributed by atoms with Gasteiger partial charge in [0.2, 0.25) is 0 Å². The van der Waals surface area contributed by atoms with Crippen LogP contribution in [0.15, 0.2) is 48.5 Å². The molecule has 0 aliphatic carbocycles. The first kappa shape index (κ1) is 22.1. The highest BCUT2D eigenvalue weighted by atomic mass is 16.5. The lowest BCUT2D eigenvalue weighted by Gasteiger charge is -2.04. The zero-order chi connectivity index (χ0) is 20.1. The molecule has 0 saturated carbocycles. The third-order valence-corrected chi connectivity index (χ3v) is 3.91. The first-order valence-electron chi connectivity index (χ1n) is 9.02. The predicted octanol–water partition coefficient (Wildman–Crippen LogP) is 5.01. The van der Waals surface area contributed by atoms with Gasteiger partial charge in [-0.05, 0) is 36.6 Å². The second-order valence-corrected chi connectivity index (χ2v) is 6.04. The molecule has 2 rings (SSSR count). The highest BCUT2D eigenvalue weighted by Gasteiger charge is 2.01. The minimum absolute atomic E-state index is 0.125. The standard InChI is InChI=1S/C12H18O2.C10H10O3/c1-2-3-4-5-6-10-7-8-11(13)9-12(10)14;1-13-9-5-3-2-4-8(9)6-7-10(11)12/h7-9,13-14H,2-6H2,1H3;2-7H,1H3,(H,11,12). The Morgan fingerprint density at radius 2 is 1.81 bits per heavy atom. The van der Waals surface area contributed by atoms with Crippen molar-refractivity contribution in [2.45, 2.75) is 39.0 Å². The number of aryl methyl sites for hydroxylation is 1. The van der Waals surface area contributed by atoms with Crippen LogP contribution < -0.4 is 4.74 Å². The van der Waals surface area contributed by atoms with Crippen molar-refractivity contribution in [3.8, 4) is 17.2 Å². The van der Waals surface area contributed by atoms with E-state index in [2.05, 4.69) is 6.92 Å². The average molecular weight is 372 g/mol. The van der Waals surface area contributed by atoms with E-state index in [0.717, 1.165) is 30.0 Å². The van der Waals surface area contributed by atoms with Gasteiger partial charge in [0.1, 0.15) is 17.2 Å². The monoisotopic (exact) mass is 372 g/mol. The number of unbranched alkanes of at least 4 members (excludes halogenated alkanes) is 3. The van der Waals surface area contributed by atoms with Crippen molar-refractivity contribution < 1.29 is 24.9 Å². The molecule has 146 valence electrons. The van der Waals surface area contributed by atoms with Gasteiger partial charge in [0.25, 0.3) is 0 Å². The third kappa shape index (κ3) is 8.81. The Balaban J connectivity index is 0.000000271. The van der Waals surface area contributed by atoms with Crippen LogP contribution in [0.1, 0.15) is 43.7 Å². The first-order chi connectivity index (χ1) is 13.0. The maximum atomic E-state index is 10.2. The maximum absolute atomic E-state index is 10.2. The average Bonchev–Trinajstić information content (AvgIpc) is 2.65. The number of ether oxygens (including phenoxy) is 1. The van der Waals surface area contributed by atoms with Crippen molar-refractivity contribution in [3.05, 3.63) is 59.7 Å². The van der Waals surface area contributed by atoms with E-state index in [9.17, 15) is 9.90 Å². The Bertz CT molecular complexity index is 737. The molecule has 5 heteroatoms. The molecule has 2 aromatic carbocycles. The van der Waals surface area contributed by atoms with Gasteiger partial charge in [-0.25, -0.2) is 4.79 Å². The molecule has 0 fully saturated rings. The highest BCUT2D eigenvalue weighted by molar-refractivity contribution is 5.85. The van der Waals surface area contributed by atoms with E-state index in [1.54, 1.807) is 31.4 Å². The van der Waals surface area contributed by atoms with Crippen LogP contribution in [0.5, 0.6) is 17.2 Å². The quantitative estimate of drug-likeness (QED) is 0.448. The Morgan fingerprint density at radius 3 is 2.44 bits per heavy atom. The van der Waals surface area contributed by atoms with Crippen LogP contribution in [0.4, 0.5) is 0 Å². The number of hydrogen-bond acceptors (Lipinski definition) is 4. The largest absolute Gasteiger partial charge is 0.508 e. The molecule has 0 atom stereocenters. The van der Waals surface area contributed by atoms with Crippen molar-refractivity contribution >= 4 is 12.0 Å². The Kier molecular flexibility index (Phi) is 10.2. The van der Waals surface area contributed by atoms with Crippen LogP contribution in [0.3, 0.4) is 0 Å². The van der Waals surface area contributed by atoms with Gasteiger partial charge in [0.05, 0.1) is 7.11 Å². The number of methoxy groups -OCH3 is 1. The second kappa shape index (κ2) is 12.4. The van der Waals surface area contributed by atoms with E-state index in [1.165, 1.54) is 31.4 Å². The van der Waals surface area contributed by atoms with E-state index < -0.39 is 5.97 Å². The van der Waals surface area contributed by atoms with E-state index in [4.69, 9.17) is 14.9 Å². The number of carbonyl (C=O) groups is 1. The lowest BCUT2D eigenvalue weighted by Crippen LogP contribution is -1.88. The van der Waals surface area contributed by atoms with Crippen molar-refractivity contribution in [1.29, 1.82) is 0 Å². The summed E-state index contributed by atoms with van der Waals surface area (Å²) in [4.78, 5) is 10.2. The van der Waals surface area contributed by atoms with Crippen molar-refractivity contribution in [1.82, 2.24) is 0 Å². The van der Waals surface area contributed by atoms with Gasteiger partial charge in [-0.15, -0.1) is 0 Å². The van der Waals surface area contributed by atoms with Crippen LogP contribution in [0, 0.1) is 0 Å².